The Hall–Kier alpha value is -2.77. The minimum atomic E-state index is -0.912. The number of amides is 1. The van der Waals surface area contributed by atoms with Crippen molar-refractivity contribution in [1.29, 1.82) is 0 Å². The van der Waals surface area contributed by atoms with E-state index in [2.05, 4.69) is 18.1 Å². The summed E-state index contributed by atoms with van der Waals surface area (Å²) in [6, 6.07) is 0. The van der Waals surface area contributed by atoms with Gasteiger partial charge in [-0.3, -0.25) is 4.90 Å². The smallest absolute Gasteiger partial charge is 0.414 e. The first-order valence-electron chi connectivity index (χ1n) is 7.60. The number of carbonyl (C=O) groups excluding carboxylic acids is 2. The van der Waals surface area contributed by atoms with Crippen molar-refractivity contribution in [1.82, 2.24) is 9.88 Å². The number of ether oxygens (including phenoxy) is 2. The number of nitrogens with zero attached hydrogens (tertiary/aromatic N) is 1. The van der Waals surface area contributed by atoms with Gasteiger partial charge in [0.2, 0.25) is 0 Å². The molecule has 1 rings (SSSR count). The van der Waals surface area contributed by atoms with E-state index in [9.17, 15) is 14.0 Å². The van der Waals surface area contributed by atoms with Crippen LogP contribution < -0.4 is 5.73 Å². The molecule has 0 radical (unpaired) electrons. The van der Waals surface area contributed by atoms with Crippen molar-refractivity contribution in [2.45, 2.75) is 33.3 Å². The molecule has 8 heteroatoms. The topological polar surface area (TPSA) is 97.6 Å². The monoisotopic (exact) mass is 353 g/mol. The molecule has 0 aliphatic heterocycles. The quantitative estimate of drug-likeness (QED) is 0.789. The number of nitrogens with one attached hydrogen (secondary N) is 1. The van der Waals surface area contributed by atoms with Crippen LogP contribution >= 0.6 is 0 Å². The molecule has 0 atom stereocenters. The summed E-state index contributed by atoms with van der Waals surface area (Å²) in [7, 11) is 1.41. The summed E-state index contributed by atoms with van der Waals surface area (Å²) in [6.45, 7) is 13.8. The molecule has 0 aliphatic carbocycles. The summed E-state index contributed by atoms with van der Waals surface area (Å²) in [5, 5.41) is 0. The number of halogens is 1. The van der Waals surface area contributed by atoms with Crippen LogP contribution in [0.5, 0.6) is 0 Å². The first-order chi connectivity index (χ1) is 11.4. The largest absolute Gasteiger partial charge is 0.462 e. The van der Waals surface area contributed by atoms with Crippen molar-refractivity contribution < 1.29 is 23.5 Å². The van der Waals surface area contributed by atoms with Gasteiger partial charge in [-0.2, -0.15) is 0 Å². The highest BCUT2D eigenvalue weighted by molar-refractivity contribution is 6.02. The fourth-order valence-electron chi connectivity index (χ4n) is 2.03. The van der Waals surface area contributed by atoms with Crippen molar-refractivity contribution >= 4 is 29.4 Å². The highest BCUT2D eigenvalue weighted by Crippen LogP contribution is 2.33. The third-order valence-electron chi connectivity index (χ3n) is 3.14. The Morgan fingerprint density at radius 1 is 1.28 bits per heavy atom. The Labute approximate surface area is 146 Å². The number of aromatic amines is 1. The fourth-order valence-corrected chi connectivity index (χ4v) is 2.03. The van der Waals surface area contributed by atoms with Crippen molar-refractivity contribution in [2.75, 3.05) is 19.4 Å². The van der Waals surface area contributed by atoms with Crippen molar-refractivity contribution in [2.24, 2.45) is 0 Å². The summed E-state index contributed by atoms with van der Waals surface area (Å²) in [5.41, 5.74) is 4.78. The molecule has 7 nitrogen and oxygen atoms in total. The Bertz CT molecular complexity index is 716. The second-order valence-corrected chi connectivity index (χ2v) is 6.28. The van der Waals surface area contributed by atoms with Crippen molar-refractivity contribution in [3.05, 3.63) is 30.0 Å². The number of nitrogens with two attached hydrogens (primary N) is 1. The number of esters is 1. The van der Waals surface area contributed by atoms with Crippen LogP contribution in [0.25, 0.3) is 11.5 Å². The second kappa shape index (κ2) is 7.42. The van der Waals surface area contributed by atoms with Gasteiger partial charge in [0.1, 0.15) is 22.8 Å². The summed E-state index contributed by atoms with van der Waals surface area (Å²) in [5.74, 6) is -1.82. The van der Waals surface area contributed by atoms with Gasteiger partial charge in [-0.05, 0) is 27.7 Å². The second-order valence-electron chi connectivity index (χ2n) is 6.28. The third kappa shape index (κ3) is 4.62. The number of nitrogen functional groups attached to an aromatic ring is 1. The van der Waals surface area contributed by atoms with Gasteiger partial charge in [-0.25, -0.2) is 14.0 Å². The van der Waals surface area contributed by atoms with Gasteiger partial charge < -0.3 is 20.2 Å². The van der Waals surface area contributed by atoms with E-state index in [1.807, 2.05) is 0 Å². The van der Waals surface area contributed by atoms with E-state index in [1.54, 1.807) is 27.7 Å². The molecule has 1 aromatic rings. The van der Waals surface area contributed by atoms with Crippen LogP contribution in [0.1, 0.15) is 49.3 Å². The SMILES string of the molecule is C=C(F)c1c(C(=C)N(C)C(=O)OC(C)(C)C)[nH]c(N)c1C(=O)OCC. The van der Waals surface area contributed by atoms with Crippen LogP contribution in [0, 0.1) is 0 Å². The van der Waals surface area contributed by atoms with Gasteiger partial charge in [-0.15, -0.1) is 0 Å². The highest BCUT2D eigenvalue weighted by atomic mass is 19.1. The molecule has 25 heavy (non-hydrogen) atoms. The average molecular weight is 353 g/mol. The lowest BCUT2D eigenvalue weighted by Crippen LogP contribution is -2.33. The van der Waals surface area contributed by atoms with Crippen LogP contribution in [-0.4, -0.2) is 41.2 Å². The standard InChI is InChI=1S/C17H24FN3O4/c1-8-24-15(22)12-11(9(2)18)13(20-14(12)19)10(3)21(7)16(23)25-17(4,5)6/h20H,2-3,8,19H2,1,4-7H3. The maximum absolute atomic E-state index is 14.0. The molecule has 3 N–H and O–H groups in total. The highest BCUT2D eigenvalue weighted by Gasteiger charge is 2.29. The Morgan fingerprint density at radius 2 is 1.84 bits per heavy atom. The van der Waals surface area contributed by atoms with Crippen LogP contribution in [0.4, 0.5) is 15.0 Å². The predicted octanol–water partition coefficient (Wildman–Crippen LogP) is 3.55. The number of anilines is 1. The van der Waals surface area contributed by atoms with Crippen LogP contribution in [0.3, 0.4) is 0 Å². The van der Waals surface area contributed by atoms with E-state index in [-0.39, 0.29) is 34.9 Å². The minimum Gasteiger partial charge on any atom is -0.462 e. The van der Waals surface area contributed by atoms with Crippen molar-refractivity contribution in [3.8, 4) is 0 Å². The van der Waals surface area contributed by atoms with E-state index >= 15 is 0 Å². The van der Waals surface area contributed by atoms with E-state index in [1.165, 1.54) is 7.05 Å². The first kappa shape index (κ1) is 20.3. The van der Waals surface area contributed by atoms with Gasteiger partial charge >= 0.3 is 12.1 Å². The molecule has 0 aliphatic rings. The summed E-state index contributed by atoms with van der Waals surface area (Å²) >= 11 is 0. The van der Waals surface area contributed by atoms with Gasteiger partial charge in [-0.1, -0.05) is 13.2 Å². The Morgan fingerprint density at radius 3 is 2.28 bits per heavy atom. The minimum absolute atomic E-state index is 0.0430. The van der Waals surface area contributed by atoms with E-state index in [0.29, 0.717) is 0 Å². The fraction of sp³-hybridized carbons (Fsp3) is 0.412. The number of hydrogen-bond acceptors (Lipinski definition) is 5. The van der Waals surface area contributed by atoms with E-state index < -0.39 is 23.5 Å². The Balaban J connectivity index is 3.31. The lowest BCUT2D eigenvalue weighted by Gasteiger charge is -2.25. The lowest BCUT2D eigenvalue weighted by molar-refractivity contribution is 0.0387. The van der Waals surface area contributed by atoms with Gasteiger partial charge in [0.05, 0.1) is 23.6 Å². The molecule has 1 heterocycles. The molecule has 138 valence electrons. The van der Waals surface area contributed by atoms with E-state index in [0.717, 1.165) is 4.90 Å². The number of H-pyrrole nitrogens is 1. The number of hydrogen-bond donors (Lipinski definition) is 2. The third-order valence-corrected chi connectivity index (χ3v) is 3.14. The zero-order chi connectivity index (χ0) is 19.5. The maximum Gasteiger partial charge on any atom is 0.414 e. The van der Waals surface area contributed by atoms with Crippen LogP contribution in [0.15, 0.2) is 13.2 Å². The maximum atomic E-state index is 14.0. The van der Waals surface area contributed by atoms with Crippen LogP contribution in [0.2, 0.25) is 0 Å². The Kier molecular flexibility index (Phi) is 6.01. The molecule has 0 saturated carbocycles. The first-order valence-corrected chi connectivity index (χ1v) is 7.60. The molecular formula is C17H24FN3O4. The zero-order valence-corrected chi connectivity index (χ0v) is 15.2. The lowest BCUT2D eigenvalue weighted by atomic mass is 10.1. The molecular weight excluding hydrogens is 329 g/mol. The van der Waals surface area contributed by atoms with Gasteiger partial charge in [0.25, 0.3) is 0 Å². The molecule has 0 saturated heterocycles. The summed E-state index contributed by atoms with van der Waals surface area (Å²) in [6.07, 6.45) is -0.696. The number of rotatable bonds is 5. The molecule has 0 unspecified atom stereocenters. The summed E-state index contributed by atoms with van der Waals surface area (Å²) in [4.78, 5) is 28.0. The van der Waals surface area contributed by atoms with Gasteiger partial charge in [0.15, 0.2) is 0 Å². The molecule has 0 fully saturated rings. The van der Waals surface area contributed by atoms with Gasteiger partial charge in [0, 0.05) is 7.05 Å². The number of aromatic nitrogens is 1. The number of carbonyl (C=O) groups is 2. The molecule has 0 spiro atoms. The van der Waals surface area contributed by atoms with E-state index in [4.69, 9.17) is 15.2 Å². The molecule has 0 bridgehead atoms. The molecule has 1 aromatic heterocycles. The predicted molar refractivity (Wildman–Crippen MR) is 94.3 cm³/mol. The summed E-state index contributed by atoms with van der Waals surface area (Å²) < 4.78 is 24.1. The van der Waals surface area contributed by atoms with Crippen molar-refractivity contribution in [3.63, 3.8) is 0 Å². The molecule has 0 aromatic carbocycles. The average Bonchev–Trinajstić information content (AvgIpc) is 2.81. The normalized spacial score (nSPS) is 11.0. The van der Waals surface area contributed by atoms with Crippen LogP contribution in [-0.2, 0) is 9.47 Å². The zero-order valence-electron chi connectivity index (χ0n) is 15.2. The molecule has 1 amide bonds.